The number of piperazine rings is 1. The van der Waals surface area contributed by atoms with Gasteiger partial charge in [-0.25, -0.2) is 0 Å². The Morgan fingerprint density at radius 3 is 2.82 bits per heavy atom. The highest BCUT2D eigenvalue weighted by atomic mass is 16.5. The zero-order chi connectivity index (χ0) is 12.1. The molecule has 0 aliphatic carbocycles. The van der Waals surface area contributed by atoms with Crippen molar-refractivity contribution in [2.24, 2.45) is 0 Å². The van der Waals surface area contributed by atoms with Gasteiger partial charge in [-0.15, -0.1) is 0 Å². The molecule has 1 N–H and O–H groups in total. The Morgan fingerprint density at radius 1 is 1.41 bits per heavy atom. The Kier molecular flexibility index (Phi) is 4.12. The summed E-state index contributed by atoms with van der Waals surface area (Å²) in [5.74, 6) is 0.806. The summed E-state index contributed by atoms with van der Waals surface area (Å²) in [7, 11) is 1.64. The predicted molar refractivity (Wildman–Crippen MR) is 66.5 cm³/mol. The Balaban J connectivity index is 2.14. The van der Waals surface area contributed by atoms with Crippen molar-refractivity contribution in [2.45, 2.75) is 6.54 Å². The molecule has 0 unspecified atom stereocenters. The third-order valence-corrected chi connectivity index (χ3v) is 3.08. The van der Waals surface area contributed by atoms with Crippen LogP contribution in [-0.2, 0) is 6.54 Å². The van der Waals surface area contributed by atoms with E-state index in [1.54, 1.807) is 7.11 Å². The lowest BCUT2D eigenvalue weighted by molar-refractivity contribution is 0.112. The number of rotatable bonds is 4. The van der Waals surface area contributed by atoms with Crippen LogP contribution in [0.4, 0.5) is 0 Å². The van der Waals surface area contributed by atoms with Crippen molar-refractivity contribution in [1.82, 2.24) is 10.2 Å². The van der Waals surface area contributed by atoms with E-state index < -0.39 is 0 Å². The van der Waals surface area contributed by atoms with Crippen LogP contribution < -0.4 is 10.1 Å². The maximum Gasteiger partial charge on any atom is 0.150 e. The predicted octanol–water partition coefficient (Wildman–Crippen LogP) is 0.913. The van der Waals surface area contributed by atoms with Crippen molar-refractivity contribution in [3.63, 3.8) is 0 Å². The fraction of sp³-hybridized carbons (Fsp3) is 0.462. The Hall–Kier alpha value is -1.39. The third-order valence-electron chi connectivity index (χ3n) is 3.08. The van der Waals surface area contributed by atoms with Crippen molar-refractivity contribution in [2.75, 3.05) is 33.3 Å². The van der Waals surface area contributed by atoms with Gasteiger partial charge in [0.05, 0.1) is 7.11 Å². The summed E-state index contributed by atoms with van der Waals surface area (Å²) in [5, 5.41) is 3.32. The third kappa shape index (κ3) is 3.05. The molecule has 1 aromatic rings. The highest BCUT2D eigenvalue weighted by Gasteiger charge is 2.12. The van der Waals surface area contributed by atoms with Gasteiger partial charge in [-0.2, -0.15) is 0 Å². The Bertz CT molecular complexity index is 387. The summed E-state index contributed by atoms with van der Waals surface area (Å²) in [6.07, 6.45) is 0.914. The number of aldehydes is 1. The molecule has 0 aromatic heterocycles. The highest BCUT2D eigenvalue weighted by molar-refractivity contribution is 5.77. The molecule has 2 rings (SSSR count). The van der Waals surface area contributed by atoms with E-state index >= 15 is 0 Å². The maximum absolute atomic E-state index is 11.0. The average molecular weight is 234 g/mol. The molecule has 0 spiro atoms. The van der Waals surface area contributed by atoms with Gasteiger partial charge in [-0.3, -0.25) is 9.69 Å². The standard InChI is InChI=1S/C13H18N2O2/c1-17-13-3-2-11(10-16)12(8-13)9-15-6-4-14-5-7-15/h2-3,8,10,14H,4-7,9H2,1H3. The van der Waals surface area contributed by atoms with E-state index in [2.05, 4.69) is 10.2 Å². The molecule has 17 heavy (non-hydrogen) atoms. The second kappa shape index (κ2) is 5.80. The van der Waals surface area contributed by atoms with E-state index in [-0.39, 0.29) is 0 Å². The first-order chi connectivity index (χ1) is 8.33. The van der Waals surface area contributed by atoms with E-state index in [0.717, 1.165) is 55.9 Å². The van der Waals surface area contributed by atoms with Crippen molar-refractivity contribution < 1.29 is 9.53 Å². The average Bonchev–Trinajstić information content (AvgIpc) is 2.40. The minimum absolute atomic E-state index is 0.754. The van der Waals surface area contributed by atoms with Crippen LogP contribution in [-0.4, -0.2) is 44.5 Å². The molecule has 0 bridgehead atoms. The molecule has 0 atom stereocenters. The molecule has 1 saturated heterocycles. The molecule has 1 aliphatic heterocycles. The van der Waals surface area contributed by atoms with Crippen LogP contribution in [0.15, 0.2) is 18.2 Å². The lowest BCUT2D eigenvalue weighted by Gasteiger charge is -2.27. The lowest BCUT2D eigenvalue weighted by atomic mass is 10.1. The fourth-order valence-electron chi connectivity index (χ4n) is 2.07. The van der Waals surface area contributed by atoms with E-state index in [9.17, 15) is 4.79 Å². The molecular formula is C13H18N2O2. The van der Waals surface area contributed by atoms with Gasteiger partial charge in [0.25, 0.3) is 0 Å². The largest absolute Gasteiger partial charge is 0.497 e. The van der Waals surface area contributed by atoms with Gasteiger partial charge < -0.3 is 10.1 Å². The summed E-state index contributed by atoms with van der Waals surface area (Å²) in [4.78, 5) is 13.3. The molecule has 92 valence electrons. The number of carbonyl (C=O) groups excluding carboxylic acids is 1. The Labute approximate surface area is 102 Å². The smallest absolute Gasteiger partial charge is 0.150 e. The van der Waals surface area contributed by atoms with Gasteiger partial charge in [0.2, 0.25) is 0 Å². The molecule has 1 aliphatic rings. The van der Waals surface area contributed by atoms with E-state index in [4.69, 9.17) is 4.74 Å². The number of ether oxygens (including phenoxy) is 1. The summed E-state index contributed by atoms with van der Waals surface area (Å²) < 4.78 is 5.20. The summed E-state index contributed by atoms with van der Waals surface area (Å²) >= 11 is 0. The van der Waals surface area contributed by atoms with Gasteiger partial charge in [-0.05, 0) is 23.8 Å². The minimum Gasteiger partial charge on any atom is -0.497 e. The number of carbonyl (C=O) groups is 1. The number of benzene rings is 1. The van der Waals surface area contributed by atoms with Crippen molar-refractivity contribution in [3.05, 3.63) is 29.3 Å². The second-order valence-electron chi connectivity index (χ2n) is 4.21. The van der Waals surface area contributed by atoms with Crippen molar-refractivity contribution >= 4 is 6.29 Å². The molecule has 4 nitrogen and oxygen atoms in total. The van der Waals surface area contributed by atoms with Crippen molar-refractivity contribution in [1.29, 1.82) is 0 Å². The van der Waals surface area contributed by atoms with Crippen LogP contribution in [0, 0.1) is 0 Å². The molecule has 1 fully saturated rings. The highest BCUT2D eigenvalue weighted by Crippen LogP contribution is 2.18. The van der Waals surface area contributed by atoms with Gasteiger partial charge in [0.15, 0.2) is 0 Å². The lowest BCUT2D eigenvalue weighted by Crippen LogP contribution is -2.43. The first-order valence-electron chi connectivity index (χ1n) is 5.88. The molecule has 0 radical (unpaired) electrons. The monoisotopic (exact) mass is 234 g/mol. The van der Waals surface area contributed by atoms with Gasteiger partial charge in [0, 0.05) is 38.3 Å². The molecule has 4 heteroatoms. The van der Waals surface area contributed by atoms with Gasteiger partial charge in [-0.1, -0.05) is 0 Å². The first-order valence-corrected chi connectivity index (χ1v) is 5.88. The fourth-order valence-corrected chi connectivity index (χ4v) is 2.07. The van der Waals surface area contributed by atoms with E-state index in [1.165, 1.54) is 0 Å². The summed E-state index contributed by atoms with van der Waals surface area (Å²) in [6, 6.07) is 5.60. The summed E-state index contributed by atoms with van der Waals surface area (Å²) in [6.45, 7) is 4.89. The van der Waals surface area contributed by atoms with Crippen LogP contribution in [0.5, 0.6) is 5.75 Å². The van der Waals surface area contributed by atoms with E-state index in [1.807, 2.05) is 18.2 Å². The zero-order valence-electron chi connectivity index (χ0n) is 10.1. The van der Waals surface area contributed by atoms with E-state index in [0.29, 0.717) is 0 Å². The molecule has 1 aromatic carbocycles. The zero-order valence-corrected chi connectivity index (χ0v) is 10.1. The molecule has 1 heterocycles. The minimum atomic E-state index is 0.754. The molecular weight excluding hydrogens is 216 g/mol. The van der Waals surface area contributed by atoms with Gasteiger partial charge >= 0.3 is 0 Å². The molecule has 0 saturated carbocycles. The number of hydrogen-bond donors (Lipinski definition) is 1. The molecule has 0 amide bonds. The quantitative estimate of drug-likeness (QED) is 0.786. The maximum atomic E-state index is 11.0. The number of nitrogens with one attached hydrogen (secondary N) is 1. The number of nitrogens with zero attached hydrogens (tertiary/aromatic N) is 1. The first kappa shape index (κ1) is 12.1. The normalized spacial score (nSPS) is 16.8. The van der Waals surface area contributed by atoms with Gasteiger partial charge in [0.1, 0.15) is 12.0 Å². The van der Waals surface area contributed by atoms with Crippen LogP contribution in [0.1, 0.15) is 15.9 Å². The second-order valence-corrected chi connectivity index (χ2v) is 4.21. The van der Waals surface area contributed by atoms with Crippen LogP contribution in [0.2, 0.25) is 0 Å². The SMILES string of the molecule is COc1ccc(C=O)c(CN2CCNCC2)c1. The van der Waals surface area contributed by atoms with Crippen LogP contribution in [0.3, 0.4) is 0 Å². The van der Waals surface area contributed by atoms with Crippen molar-refractivity contribution in [3.8, 4) is 5.75 Å². The number of methoxy groups -OCH3 is 1. The summed E-state index contributed by atoms with van der Waals surface area (Å²) in [5.41, 5.74) is 1.80. The number of hydrogen-bond acceptors (Lipinski definition) is 4. The van der Waals surface area contributed by atoms with Crippen LogP contribution >= 0.6 is 0 Å². The van der Waals surface area contributed by atoms with Crippen LogP contribution in [0.25, 0.3) is 0 Å². The topological polar surface area (TPSA) is 41.6 Å². The Morgan fingerprint density at radius 2 is 2.18 bits per heavy atom.